The van der Waals surface area contributed by atoms with Gasteiger partial charge in [0, 0.05) is 51.6 Å². The van der Waals surface area contributed by atoms with E-state index in [0.717, 1.165) is 242 Å². The molecule has 4 atom stereocenters. The highest BCUT2D eigenvalue weighted by Crippen LogP contribution is 2.43. The van der Waals surface area contributed by atoms with Crippen molar-refractivity contribution >= 4 is 77.6 Å². The first-order valence-electron chi connectivity index (χ1n) is 53.1. The van der Waals surface area contributed by atoms with Gasteiger partial charge >= 0.3 is 77.6 Å². The van der Waals surface area contributed by atoms with Gasteiger partial charge in [0.15, 0.2) is 6.10 Å². The molecule has 29 nitrogen and oxygen atoms in total. The van der Waals surface area contributed by atoms with Crippen LogP contribution in [0.3, 0.4) is 0 Å². The normalized spacial score (nSPS) is 25.4. The SMILES string of the molecule is CC(C)(C)C1CCC(C(=O)O)CC1.CC1CCC(C(=O)O)CC1.CC1CCCCC1C(=O)O.COC1CCC(C(=O)O)CC1.O=C(O)C(C1CCCCC1)C1CCCCC1.O=C(O)C1=CCCCC1.O=C(O)C1CCCCC1.O=C(O)C1CCCO1.O=C(O)C1CCOC1.O=C(O)CC1CCCC1.O=C(O)CC1CCCCC1.O=C(O)CCC1CCCC1.O=C(O)CCCCC1CCCCC1. The molecule has 11 saturated carbocycles. The summed E-state index contributed by atoms with van der Waals surface area (Å²) in [7, 11) is 1.69. The van der Waals surface area contributed by atoms with Crippen molar-refractivity contribution in [1.29, 1.82) is 0 Å². The number of carboxylic acid groups (broad SMARTS) is 13. The Labute approximate surface area is 812 Å². The minimum absolute atomic E-state index is 0.0272. The summed E-state index contributed by atoms with van der Waals surface area (Å²) in [6.07, 6.45) is 69.2. The fourth-order valence-electron chi connectivity index (χ4n) is 21.5. The number of carboxylic acids is 13. The lowest BCUT2D eigenvalue weighted by Crippen LogP contribution is -2.33. The minimum Gasteiger partial charge on any atom is -0.481 e. The smallest absolute Gasteiger partial charge is 0.332 e. The predicted molar refractivity (Wildman–Crippen MR) is 521 cm³/mol. The van der Waals surface area contributed by atoms with E-state index in [1.807, 2.05) is 13.0 Å². The van der Waals surface area contributed by atoms with Gasteiger partial charge in [-0.1, -0.05) is 214 Å². The Morgan fingerprint density at radius 1 is 0.353 bits per heavy atom. The van der Waals surface area contributed by atoms with E-state index in [9.17, 15) is 67.4 Å². The van der Waals surface area contributed by atoms with Crippen LogP contribution >= 0.6 is 0 Å². The van der Waals surface area contributed by atoms with Crippen molar-refractivity contribution in [2.75, 3.05) is 26.9 Å². The number of carbonyl (C=O) groups is 13. The summed E-state index contributed by atoms with van der Waals surface area (Å²) in [6, 6.07) is 0. The summed E-state index contributed by atoms with van der Waals surface area (Å²) in [5.41, 5.74) is 0.949. The maximum Gasteiger partial charge on any atom is 0.332 e. The fraction of sp³-hybridized carbons (Fsp3) is 0.860. The maximum absolute atomic E-state index is 11.5. The standard InChI is InChI=1S/C14H24O2.2C11H20O2.C8H14O3.4C8H14O2.2C7H12O2.C7H10O2.2C5H8O3/c15-14(16)13(11-7-3-1-4-8-11)12-9-5-2-6-10-12;1-11(2,3)9-6-4-8(5-7-9)10(12)13;12-11(13)9-5-4-8-10-6-2-1-3-7-10;1-11-7-4-2-6(3-5-7)8(9)10;1-6-2-4-7(5-3-6)8(9)10;1-6-4-2-3-5-7(6)8(9)10;9-8(10)6-5-7-3-1-2-4-7;9-8(10)6-7-4-2-1-3-5-7;8-7(9)5-6-3-1-2-4-6;2*8-7(9)6-4-2-1-3-5-6;6-5(7)4-1-2-8-3-4;6-5(7)4-2-1-3-8-4/h11-13H,1-10H2,(H,15,16);8-9H,4-7H2,1-3H3,(H,12,13);10H,1-9H2,(H,12,13);6-7H,2-5H2,1H3,(H,9,10);2*6-7H,2-5H2,1H3,(H,9,10);2*7H,1-6H2,(H,9,10);2*6H,1-5H2,(H,8,9);4H,1-3,5H2,(H,8,9);2*4H,1-3H2,(H,6,7). The molecule has 12 aliphatic carbocycles. The van der Waals surface area contributed by atoms with Crippen molar-refractivity contribution in [3.05, 3.63) is 11.6 Å². The van der Waals surface area contributed by atoms with E-state index in [0.29, 0.717) is 111 Å². The third kappa shape index (κ3) is 60.7. The van der Waals surface area contributed by atoms with Gasteiger partial charge in [-0.25, -0.2) is 9.59 Å². The Bertz CT molecular complexity index is 3260. The van der Waals surface area contributed by atoms with E-state index in [2.05, 4.69) is 27.7 Å². The molecule has 0 aromatic rings. The van der Waals surface area contributed by atoms with Gasteiger partial charge in [-0.15, -0.1) is 0 Å². The molecule has 13 N–H and O–H groups in total. The van der Waals surface area contributed by atoms with Crippen molar-refractivity contribution < 1.29 is 143 Å². The van der Waals surface area contributed by atoms with Crippen LogP contribution in [0.25, 0.3) is 0 Å². The first-order chi connectivity index (χ1) is 64.7. The van der Waals surface area contributed by atoms with Gasteiger partial charge in [-0.3, -0.25) is 52.7 Å². The van der Waals surface area contributed by atoms with Crippen molar-refractivity contribution in [3.63, 3.8) is 0 Å². The van der Waals surface area contributed by atoms with Crippen LogP contribution in [-0.4, -0.2) is 183 Å². The topological polar surface area (TPSA) is 513 Å². The van der Waals surface area contributed by atoms with Gasteiger partial charge in [0.1, 0.15) is 0 Å². The van der Waals surface area contributed by atoms with Crippen LogP contribution in [0, 0.1) is 100 Å². The molecule has 2 heterocycles. The average molecular weight is 1930 g/mol. The van der Waals surface area contributed by atoms with Gasteiger partial charge in [0.25, 0.3) is 0 Å². The third-order valence-corrected chi connectivity index (χ3v) is 30.4. The molecule has 0 amide bonds. The molecule has 14 aliphatic rings. The molecule has 0 aromatic carbocycles. The second-order valence-corrected chi connectivity index (χ2v) is 42.2. The number of hydrogen-bond donors (Lipinski definition) is 13. The summed E-state index contributed by atoms with van der Waals surface area (Å²) < 4.78 is 14.8. The van der Waals surface area contributed by atoms with Crippen LogP contribution in [0.4, 0.5) is 0 Å². The molecule has 786 valence electrons. The van der Waals surface area contributed by atoms with Crippen molar-refractivity contribution in [2.24, 2.45) is 100 Å². The quantitative estimate of drug-likeness (QED) is 0.0399. The molecule has 2 aliphatic heterocycles. The van der Waals surface area contributed by atoms with Crippen LogP contribution < -0.4 is 0 Å². The largest absolute Gasteiger partial charge is 0.481 e. The highest BCUT2D eigenvalue weighted by Gasteiger charge is 2.38. The van der Waals surface area contributed by atoms with Crippen molar-refractivity contribution in [1.82, 2.24) is 0 Å². The monoisotopic (exact) mass is 1930 g/mol. The third-order valence-electron chi connectivity index (χ3n) is 30.4. The lowest BCUT2D eigenvalue weighted by Gasteiger charge is -2.35. The first-order valence-corrected chi connectivity index (χ1v) is 53.1. The number of aliphatic carboxylic acids is 13. The van der Waals surface area contributed by atoms with Gasteiger partial charge in [-0.2, -0.15) is 0 Å². The van der Waals surface area contributed by atoms with E-state index in [1.165, 1.54) is 148 Å². The van der Waals surface area contributed by atoms with E-state index >= 15 is 0 Å². The van der Waals surface area contributed by atoms with Gasteiger partial charge in [-0.05, 0) is 271 Å². The molecule has 0 radical (unpaired) electrons. The Hall–Kier alpha value is -7.27. The molecule has 0 bridgehead atoms. The summed E-state index contributed by atoms with van der Waals surface area (Å²) in [6.45, 7) is 12.6. The average Bonchev–Trinajstić information content (AvgIpc) is 0.995. The Morgan fingerprint density at radius 2 is 0.743 bits per heavy atom. The summed E-state index contributed by atoms with van der Waals surface area (Å²) in [4.78, 5) is 135. The number of rotatable bonds is 24. The molecular formula is C107H184O29. The molecule has 14 rings (SSSR count). The summed E-state index contributed by atoms with van der Waals surface area (Å²) in [5, 5.41) is 112. The zero-order chi connectivity index (χ0) is 101. The number of hydrogen-bond acceptors (Lipinski definition) is 16. The molecule has 136 heavy (non-hydrogen) atoms. The Kier molecular flexibility index (Phi) is 68.5. The number of ether oxygens (including phenoxy) is 3. The Balaban J connectivity index is 0.000000501. The number of methoxy groups -OCH3 is 1. The molecule has 29 heteroatoms. The van der Waals surface area contributed by atoms with E-state index in [-0.39, 0.29) is 41.4 Å². The van der Waals surface area contributed by atoms with Gasteiger partial charge in [0.2, 0.25) is 0 Å². The van der Waals surface area contributed by atoms with Crippen LogP contribution in [0.2, 0.25) is 0 Å². The van der Waals surface area contributed by atoms with E-state index in [4.69, 9.17) is 75.5 Å². The first kappa shape index (κ1) is 125. The summed E-state index contributed by atoms with van der Waals surface area (Å²) in [5.74, 6) is -3.65. The van der Waals surface area contributed by atoms with E-state index < -0.39 is 83.7 Å². The zero-order valence-corrected chi connectivity index (χ0v) is 84.2. The van der Waals surface area contributed by atoms with Gasteiger partial charge in [0.05, 0.1) is 54.1 Å². The van der Waals surface area contributed by atoms with Crippen molar-refractivity contribution in [2.45, 2.75) is 458 Å². The number of allylic oxidation sites excluding steroid dienone is 1. The van der Waals surface area contributed by atoms with Crippen molar-refractivity contribution in [3.8, 4) is 0 Å². The van der Waals surface area contributed by atoms with Crippen LogP contribution in [0.15, 0.2) is 11.6 Å². The van der Waals surface area contributed by atoms with E-state index in [1.54, 1.807) is 7.11 Å². The molecule has 0 spiro atoms. The number of unbranched alkanes of at least 4 members (excludes halogenated alkanes) is 1. The van der Waals surface area contributed by atoms with Crippen LogP contribution in [0.1, 0.15) is 446 Å². The fourth-order valence-corrected chi connectivity index (χ4v) is 21.5. The Morgan fingerprint density at radius 3 is 1.05 bits per heavy atom. The zero-order valence-electron chi connectivity index (χ0n) is 84.2. The highest BCUT2D eigenvalue weighted by atomic mass is 16.5. The second-order valence-electron chi connectivity index (χ2n) is 42.2. The molecule has 4 unspecified atom stereocenters. The summed E-state index contributed by atoms with van der Waals surface area (Å²) >= 11 is 0. The predicted octanol–water partition coefficient (Wildman–Crippen LogP) is 24.4. The highest BCUT2D eigenvalue weighted by molar-refractivity contribution is 5.86. The van der Waals surface area contributed by atoms with Gasteiger partial charge < -0.3 is 80.6 Å². The molecular weight excluding hydrogens is 1750 g/mol. The maximum atomic E-state index is 11.5. The van der Waals surface area contributed by atoms with Crippen LogP contribution in [0.5, 0.6) is 0 Å². The second kappa shape index (κ2) is 74.7. The molecule has 13 fully saturated rings. The minimum atomic E-state index is -0.831. The molecule has 0 aromatic heterocycles. The van der Waals surface area contributed by atoms with Crippen LogP contribution in [-0.2, 0) is 76.5 Å². The lowest BCUT2D eigenvalue weighted by atomic mass is 9.70. The molecule has 2 saturated heterocycles. The lowest BCUT2D eigenvalue weighted by molar-refractivity contribution is -0.148.